The molecule has 2 heterocycles. The maximum absolute atomic E-state index is 13.0. The van der Waals surface area contributed by atoms with Gasteiger partial charge in [0.25, 0.3) is 11.5 Å². The number of aryl methyl sites for hydroxylation is 1. The van der Waals surface area contributed by atoms with Crippen molar-refractivity contribution in [3.63, 3.8) is 0 Å². The summed E-state index contributed by atoms with van der Waals surface area (Å²) in [7, 11) is 1.80. The largest absolute Gasteiger partial charge is 0.478 e. The number of fused-ring (bicyclic) bond motifs is 1. The zero-order chi connectivity index (χ0) is 40.1. The number of halogens is 2. The van der Waals surface area contributed by atoms with E-state index < -0.39 is 5.60 Å². The molecule has 0 saturated carbocycles. The number of allylic oxidation sites excluding steroid dienone is 6. The van der Waals surface area contributed by atoms with Crippen LogP contribution in [0.4, 0.5) is 0 Å². The number of aromatic amines is 1. The van der Waals surface area contributed by atoms with Crippen LogP contribution < -0.4 is 21.3 Å². The van der Waals surface area contributed by atoms with Gasteiger partial charge in [-0.2, -0.15) is 5.10 Å². The lowest BCUT2D eigenvalue weighted by atomic mass is 9.93. The lowest BCUT2D eigenvalue weighted by Gasteiger charge is -2.31. The molecule has 1 aromatic carbocycles. The van der Waals surface area contributed by atoms with Crippen LogP contribution in [-0.4, -0.2) is 62.9 Å². The molecule has 2 aromatic heterocycles. The number of hydrogen-bond donors (Lipinski definition) is 3. The van der Waals surface area contributed by atoms with Crippen LogP contribution in [0.25, 0.3) is 11.0 Å². The third-order valence-corrected chi connectivity index (χ3v) is 8.85. The van der Waals surface area contributed by atoms with Gasteiger partial charge in [0, 0.05) is 42.3 Å². The number of nitrogens with zero attached hydrogens (tertiary/aromatic N) is 3. The zero-order valence-electron chi connectivity index (χ0n) is 33.8. The number of amides is 1. The first-order valence-electron chi connectivity index (χ1n) is 18.4. The van der Waals surface area contributed by atoms with Gasteiger partial charge in [-0.25, -0.2) is 9.67 Å². The van der Waals surface area contributed by atoms with Crippen LogP contribution in [-0.2, 0) is 23.0 Å². The highest BCUT2D eigenvalue weighted by atomic mass is 35.5. The maximum Gasteiger partial charge on any atom is 0.263 e. The SMILES string of the molecule is C/C1=C/C/C(Cl)=C\C(Cl)C=C1.CC.CC(C)c1nn(C)c2nc(Cc3ccc(OC(C)(C)C(=O)NCC(C)(C)COCC(C)(C)CN)cc3)[nH]c(=O)c12. The fourth-order valence-electron chi connectivity index (χ4n) is 5.04. The number of carbonyl (C=O) groups is 1. The lowest BCUT2D eigenvalue weighted by molar-refractivity contribution is -0.134. The molecule has 0 saturated heterocycles. The van der Waals surface area contributed by atoms with Crippen LogP contribution in [0.3, 0.4) is 0 Å². The molecule has 294 valence electrons. The van der Waals surface area contributed by atoms with E-state index in [0.29, 0.717) is 55.3 Å². The second kappa shape index (κ2) is 20.3. The summed E-state index contributed by atoms with van der Waals surface area (Å²) in [6, 6.07) is 7.44. The highest BCUT2D eigenvalue weighted by Gasteiger charge is 2.32. The fourth-order valence-corrected chi connectivity index (χ4v) is 5.54. The normalized spacial score (nSPS) is 16.9. The van der Waals surface area contributed by atoms with Crippen LogP contribution >= 0.6 is 23.2 Å². The number of aromatic nitrogens is 4. The molecule has 10 nitrogen and oxygen atoms in total. The Hall–Kier alpha value is -3.44. The predicted octanol–water partition coefficient (Wildman–Crippen LogP) is 8.32. The Balaban J connectivity index is 0.000000632. The fraction of sp³-hybridized carbons (Fsp3) is 0.561. The molecule has 4 N–H and O–H groups in total. The minimum Gasteiger partial charge on any atom is -0.478 e. The van der Waals surface area contributed by atoms with Gasteiger partial charge in [-0.05, 0) is 57.0 Å². The Labute approximate surface area is 326 Å². The van der Waals surface area contributed by atoms with Crippen LogP contribution in [0.1, 0.15) is 106 Å². The molecule has 4 rings (SSSR count). The molecule has 1 amide bonds. The van der Waals surface area contributed by atoms with Gasteiger partial charge in [-0.3, -0.25) is 9.59 Å². The maximum atomic E-state index is 13.0. The van der Waals surface area contributed by atoms with E-state index in [4.69, 9.17) is 38.4 Å². The number of hydrogen-bond acceptors (Lipinski definition) is 7. The summed E-state index contributed by atoms with van der Waals surface area (Å²) in [4.78, 5) is 33.3. The molecule has 0 aliphatic heterocycles. The van der Waals surface area contributed by atoms with E-state index in [1.807, 2.05) is 91.0 Å². The molecule has 0 spiro atoms. The van der Waals surface area contributed by atoms with Gasteiger partial charge in [0.05, 0.1) is 24.3 Å². The monoisotopic (exact) mass is 772 g/mol. The average molecular weight is 774 g/mol. The minimum atomic E-state index is -1.08. The van der Waals surface area contributed by atoms with Crippen molar-refractivity contribution in [1.82, 2.24) is 25.1 Å². The molecule has 12 heteroatoms. The van der Waals surface area contributed by atoms with E-state index in [9.17, 15) is 9.59 Å². The van der Waals surface area contributed by atoms with Crippen LogP contribution in [0.2, 0.25) is 0 Å². The van der Waals surface area contributed by atoms with Crippen molar-refractivity contribution < 1.29 is 14.3 Å². The number of nitrogens with two attached hydrogens (primary N) is 1. The van der Waals surface area contributed by atoms with E-state index in [-0.39, 0.29) is 33.6 Å². The average Bonchev–Trinajstić information content (AvgIpc) is 3.43. The van der Waals surface area contributed by atoms with Crippen molar-refractivity contribution in [1.29, 1.82) is 0 Å². The van der Waals surface area contributed by atoms with Gasteiger partial charge in [0.15, 0.2) is 11.2 Å². The Morgan fingerprint density at radius 3 is 2.32 bits per heavy atom. The molecule has 0 bridgehead atoms. The summed E-state index contributed by atoms with van der Waals surface area (Å²) in [5, 5.41) is 8.78. The molecule has 1 unspecified atom stereocenters. The molecule has 0 radical (unpaired) electrons. The highest BCUT2D eigenvalue weighted by molar-refractivity contribution is 6.31. The Kier molecular flexibility index (Phi) is 17.5. The molecule has 1 aliphatic rings. The van der Waals surface area contributed by atoms with Crippen molar-refractivity contribution in [2.75, 3.05) is 26.3 Å². The van der Waals surface area contributed by atoms with Crippen LogP contribution in [0, 0.1) is 10.8 Å². The van der Waals surface area contributed by atoms with Gasteiger partial charge < -0.3 is 25.5 Å². The van der Waals surface area contributed by atoms with Crippen molar-refractivity contribution >= 4 is 40.1 Å². The number of rotatable bonds is 13. The van der Waals surface area contributed by atoms with Gasteiger partial charge in [0.1, 0.15) is 17.0 Å². The van der Waals surface area contributed by atoms with Gasteiger partial charge in [0.2, 0.25) is 0 Å². The molecule has 53 heavy (non-hydrogen) atoms. The second-order valence-corrected chi connectivity index (χ2v) is 16.6. The summed E-state index contributed by atoms with van der Waals surface area (Å²) >= 11 is 11.7. The summed E-state index contributed by atoms with van der Waals surface area (Å²) in [6.07, 6.45) is 9.10. The van der Waals surface area contributed by atoms with Crippen molar-refractivity contribution in [2.45, 2.75) is 106 Å². The summed E-state index contributed by atoms with van der Waals surface area (Å²) < 4.78 is 13.6. The molecule has 0 fully saturated rings. The number of carbonyl (C=O) groups excluding carboxylic acids is 1. The second-order valence-electron chi connectivity index (χ2n) is 15.6. The van der Waals surface area contributed by atoms with E-state index in [0.717, 1.165) is 22.7 Å². The quantitative estimate of drug-likeness (QED) is 0.149. The van der Waals surface area contributed by atoms with Crippen molar-refractivity contribution in [2.24, 2.45) is 23.6 Å². The molecular formula is C41H62Cl2N6O4. The number of nitrogens with one attached hydrogen (secondary N) is 2. The number of alkyl halides is 1. The van der Waals surface area contributed by atoms with Crippen molar-refractivity contribution in [3.05, 3.63) is 86.6 Å². The number of H-pyrrole nitrogens is 1. The Morgan fingerprint density at radius 2 is 1.72 bits per heavy atom. The summed E-state index contributed by atoms with van der Waals surface area (Å²) in [5.41, 5.74) is 7.66. The predicted molar refractivity (Wildman–Crippen MR) is 220 cm³/mol. The van der Waals surface area contributed by atoms with Gasteiger partial charge in [-0.1, -0.05) is 103 Å². The van der Waals surface area contributed by atoms with E-state index in [1.54, 1.807) is 25.6 Å². The first kappa shape index (κ1) is 45.7. The topological polar surface area (TPSA) is 137 Å². The minimum absolute atomic E-state index is 0.0638. The third-order valence-electron chi connectivity index (χ3n) is 8.30. The summed E-state index contributed by atoms with van der Waals surface area (Å²) in [6.45, 7) is 23.8. The van der Waals surface area contributed by atoms with Crippen molar-refractivity contribution in [3.8, 4) is 5.75 Å². The first-order chi connectivity index (χ1) is 24.7. The van der Waals surface area contributed by atoms with E-state index >= 15 is 0 Å². The van der Waals surface area contributed by atoms with E-state index in [1.165, 1.54) is 5.57 Å². The number of benzene rings is 1. The Bertz CT molecular complexity index is 1790. The molecule has 3 aromatic rings. The number of ether oxygens (including phenoxy) is 2. The third kappa shape index (κ3) is 14.7. The summed E-state index contributed by atoms with van der Waals surface area (Å²) in [5.74, 6) is 1.04. The van der Waals surface area contributed by atoms with E-state index in [2.05, 4.69) is 40.3 Å². The van der Waals surface area contributed by atoms with Gasteiger partial charge >= 0.3 is 0 Å². The standard InChI is InChI=1S/C30H46N6O4.C9H10Cl2.C2H6/c1-19(2)24-23-25(36(9)35-24)33-22(34-26(23)37)14-20-10-12-21(13-11-20)40-30(7,8)27(38)32-16-29(5,6)18-39-17-28(3,4)15-31;1-7-2-4-8(10)6-9(11)5-3-7;1-2/h10-13,19H,14-18,31H2,1-9H3,(H,32,38)(H,33,34,37);2-4,6,8H,5H2,1H3;1-2H3/b;4-2?,7-3-,9-6+;. The highest BCUT2D eigenvalue weighted by Crippen LogP contribution is 2.24. The molecular weight excluding hydrogens is 711 g/mol. The molecule has 1 aliphatic carbocycles. The smallest absolute Gasteiger partial charge is 0.263 e. The van der Waals surface area contributed by atoms with Gasteiger partial charge in [-0.15, -0.1) is 11.6 Å². The van der Waals surface area contributed by atoms with Crippen LogP contribution in [0.15, 0.2) is 64.0 Å². The molecule has 1 atom stereocenters. The van der Waals surface area contributed by atoms with Crippen LogP contribution in [0.5, 0.6) is 5.75 Å². The first-order valence-corrected chi connectivity index (χ1v) is 19.2. The lowest BCUT2D eigenvalue weighted by Crippen LogP contribution is -2.49. The Morgan fingerprint density at radius 1 is 1.09 bits per heavy atom. The zero-order valence-corrected chi connectivity index (χ0v) is 35.3.